The number of hydrogen-bond donors (Lipinski definition) is 1. The van der Waals surface area contributed by atoms with Gasteiger partial charge in [-0.1, -0.05) is 6.07 Å². The number of methoxy groups -OCH3 is 1. The Morgan fingerprint density at radius 2 is 1.70 bits per heavy atom. The van der Waals surface area contributed by atoms with E-state index in [0.717, 1.165) is 57.0 Å². The van der Waals surface area contributed by atoms with E-state index >= 15 is 0 Å². The van der Waals surface area contributed by atoms with E-state index in [1.54, 1.807) is 12.0 Å². The summed E-state index contributed by atoms with van der Waals surface area (Å²) >= 11 is 0. The van der Waals surface area contributed by atoms with Crippen molar-refractivity contribution >= 4 is 15.9 Å². The Morgan fingerprint density at radius 1 is 1.10 bits per heavy atom. The number of nitrogens with zero attached hydrogens (tertiary/aromatic N) is 2. The summed E-state index contributed by atoms with van der Waals surface area (Å²) in [4.78, 5) is 15.6. The average molecular weight is 446 g/mol. The number of halogens is 2. The topological polar surface area (TPSA) is 79.0 Å². The number of ether oxygens (including phenoxy) is 1. The number of likely N-dealkylation sites (tertiary alicyclic amines) is 2. The van der Waals surface area contributed by atoms with E-state index in [1.807, 2.05) is 0 Å². The number of sulfonamides is 1. The van der Waals surface area contributed by atoms with Crippen LogP contribution in [0.1, 0.15) is 32.1 Å². The van der Waals surface area contributed by atoms with E-state index < -0.39 is 26.6 Å². The molecule has 1 aromatic carbocycles. The Hall–Kier alpha value is -1.62. The third kappa shape index (κ3) is 5.54. The molecule has 1 aromatic rings. The lowest BCUT2D eigenvalue weighted by molar-refractivity contribution is -0.132. The minimum atomic E-state index is -4.37. The second-order valence-corrected chi connectivity index (χ2v) is 9.49. The quantitative estimate of drug-likeness (QED) is 0.692. The molecule has 0 aliphatic carbocycles. The van der Waals surface area contributed by atoms with Crippen LogP contribution in [-0.4, -0.2) is 76.1 Å². The summed E-state index contributed by atoms with van der Waals surface area (Å²) in [6.07, 6.45) is 4.10. The van der Waals surface area contributed by atoms with Crippen molar-refractivity contribution in [2.75, 3.05) is 39.8 Å². The van der Waals surface area contributed by atoms with Crippen molar-refractivity contribution in [3.8, 4) is 0 Å². The van der Waals surface area contributed by atoms with Gasteiger partial charge < -0.3 is 14.5 Å². The lowest BCUT2D eigenvalue weighted by Crippen LogP contribution is -2.50. The molecule has 168 valence electrons. The first-order valence-corrected chi connectivity index (χ1v) is 11.8. The van der Waals surface area contributed by atoms with E-state index in [4.69, 9.17) is 4.74 Å². The molecule has 3 rings (SSSR count). The van der Waals surface area contributed by atoms with E-state index in [1.165, 1.54) is 0 Å². The maximum absolute atomic E-state index is 13.7. The monoisotopic (exact) mass is 445 g/mol. The maximum Gasteiger partial charge on any atom is 0.246 e. The zero-order chi connectivity index (χ0) is 21.7. The second kappa shape index (κ2) is 10.1. The fourth-order valence-electron chi connectivity index (χ4n) is 4.22. The Bertz CT molecular complexity index is 816. The summed E-state index contributed by atoms with van der Waals surface area (Å²) in [5, 5.41) is 0. The van der Waals surface area contributed by atoms with Gasteiger partial charge in [0.1, 0.15) is 11.6 Å². The molecule has 0 atom stereocenters. The number of hydrogen-bond acceptors (Lipinski definition) is 5. The molecule has 0 spiro atoms. The minimum Gasteiger partial charge on any atom is -0.381 e. The number of nitrogens with one attached hydrogen (secondary N) is 1. The van der Waals surface area contributed by atoms with Gasteiger partial charge in [0, 0.05) is 52.3 Å². The van der Waals surface area contributed by atoms with Crippen molar-refractivity contribution < 1.29 is 26.7 Å². The van der Waals surface area contributed by atoms with E-state index in [0.29, 0.717) is 25.2 Å². The molecule has 7 nitrogen and oxygen atoms in total. The molecule has 2 heterocycles. The van der Waals surface area contributed by atoms with Crippen LogP contribution in [0.2, 0.25) is 0 Å². The lowest BCUT2D eigenvalue weighted by Gasteiger charge is -2.41. The summed E-state index contributed by atoms with van der Waals surface area (Å²) in [6, 6.07) is 3.31. The van der Waals surface area contributed by atoms with Crippen molar-refractivity contribution in [1.82, 2.24) is 14.5 Å². The van der Waals surface area contributed by atoms with Gasteiger partial charge in [-0.2, -0.15) is 0 Å². The minimum absolute atomic E-state index is 0.0563. The van der Waals surface area contributed by atoms with E-state index in [9.17, 15) is 22.0 Å². The molecule has 1 N–H and O–H groups in total. The van der Waals surface area contributed by atoms with Gasteiger partial charge in [-0.3, -0.25) is 4.79 Å². The van der Waals surface area contributed by atoms with Crippen molar-refractivity contribution in [2.24, 2.45) is 0 Å². The highest BCUT2D eigenvalue weighted by Gasteiger charge is 2.30. The first kappa shape index (κ1) is 23.1. The number of carbonyl (C=O) groups is 1. The van der Waals surface area contributed by atoms with Gasteiger partial charge >= 0.3 is 0 Å². The molecule has 2 aliphatic rings. The molecule has 10 heteroatoms. The highest BCUT2D eigenvalue weighted by molar-refractivity contribution is 7.89. The highest BCUT2D eigenvalue weighted by atomic mass is 32.2. The summed E-state index contributed by atoms with van der Waals surface area (Å²) in [6.45, 7) is 3.06. The molecular weight excluding hydrogens is 416 g/mol. The number of benzene rings is 1. The number of rotatable bonds is 7. The van der Waals surface area contributed by atoms with Gasteiger partial charge in [0.25, 0.3) is 0 Å². The molecule has 0 unspecified atom stereocenters. The van der Waals surface area contributed by atoms with Crippen molar-refractivity contribution in [3.05, 3.63) is 29.8 Å². The standard InChI is InChI=1S/C20H29F2N3O4S/c1-29-16-8-13-24(14-9-16)15-6-11-25(12-7-15)19(26)5-10-23-30(27,28)20-17(21)3-2-4-18(20)22/h2-4,15-16,23H,5-14H2,1H3. The molecule has 2 fully saturated rings. The van der Waals surface area contributed by atoms with Crippen LogP contribution in [-0.2, 0) is 19.6 Å². The summed E-state index contributed by atoms with van der Waals surface area (Å²) < 4.78 is 59.3. The van der Waals surface area contributed by atoms with Gasteiger partial charge in [0.05, 0.1) is 6.10 Å². The highest BCUT2D eigenvalue weighted by Crippen LogP contribution is 2.22. The zero-order valence-corrected chi connectivity index (χ0v) is 18.0. The van der Waals surface area contributed by atoms with Crippen LogP contribution in [0.5, 0.6) is 0 Å². The Labute approximate surface area is 176 Å². The predicted molar refractivity (Wildman–Crippen MR) is 107 cm³/mol. The number of piperidine rings is 2. The van der Waals surface area contributed by atoms with Gasteiger partial charge in [0.15, 0.2) is 4.90 Å². The average Bonchev–Trinajstić information content (AvgIpc) is 2.73. The molecule has 30 heavy (non-hydrogen) atoms. The molecule has 0 saturated carbocycles. The van der Waals surface area contributed by atoms with Gasteiger partial charge in [-0.25, -0.2) is 21.9 Å². The first-order chi connectivity index (χ1) is 14.3. The van der Waals surface area contributed by atoms with Crippen LogP contribution in [0, 0.1) is 11.6 Å². The third-order valence-electron chi connectivity index (χ3n) is 5.96. The van der Waals surface area contributed by atoms with Crippen LogP contribution >= 0.6 is 0 Å². The SMILES string of the molecule is COC1CCN(C2CCN(C(=O)CCNS(=O)(=O)c3c(F)cccc3F)CC2)CC1. The smallest absolute Gasteiger partial charge is 0.246 e. The van der Waals surface area contributed by atoms with Crippen LogP contribution in [0.25, 0.3) is 0 Å². The van der Waals surface area contributed by atoms with Crippen LogP contribution in [0.3, 0.4) is 0 Å². The fraction of sp³-hybridized carbons (Fsp3) is 0.650. The van der Waals surface area contributed by atoms with Gasteiger partial charge in [-0.05, 0) is 37.8 Å². The summed E-state index contributed by atoms with van der Waals surface area (Å²) in [7, 11) is -2.62. The number of carbonyl (C=O) groups excluding carboxylic acids is 1. The van der Waals surface area contributed by atoms with Gasteiger partial charge in [0.2, 0.25) is 15.9 Å². The third-order valence-corrected chi connectivity index (χ3v) is 7.47. The summed E-state index contributed by atoms with van der Waals surface area (Å²) in [5.74, 6) is -2.49. The van der Waals surface area contributed by atoms with Crippen LogP contribution in [0.15, 0.2) is 23.1 Å². The molecule has 0 aromatic heterocycles. The molecule has 2 aliphatic heterocycles. The lowest BCUT2D eigenvalue weighted by atomic mass is 9.98. The number of amides is 1. The first-order valence-electron chi connectivity index (χ1n) is 10.3. The van der Waals surface area contributed by atoms with Crippen LogP contribution in [0.4, 0.5) is 8.78 Å². The van der Waals surface area contributed by atoms with Crippen LogP contribution < -0.4 is 4.72 Å². The van der Waals surface area contributed by atoms with Gasteiger partial charge in [-0.15, -0.1) is 0 Å². The Balaban J connectivity index is 1.43. The fourth-order valence-corrected chi connectivity index (χ4v) is 5.38. The van der Waals surface area contributed by atoms with Crippen molar-refractivity contribution in [2.45, 2.75) is 49.1 Å². The van der Waals surface area contributed by atoms with Crippen molar-refractivity contribution in [1.29, 1.82) is 0 Å². The molecule has 0 bridgehead atoms. The molecule has 2 saturated heterocycles. The van der Waals surface area contributed by atoms with E-state index in [-0.39, 0.29) is 18.9 Å². The van der Waals surface area contributed by atoms with Crippen molar-refractivity contribution in [3.63, 3.8) is 0 Å². The molecule has 0 radical (unpaired) electrons. The van der Waals surface area contributed by atoms with E-state index in [2.05, 4.69) is 9.62 Å². The molecule has 1 amide bonds. The predicted octanol–water partition coefficient (Wildman–Crippen LogP) is 1.73. The molecular formula is C20H29F2N3O4S. The Kier molecular flexibility index (Phi) is 7.78. The normalized spacial score (nSPS) is 19.9. The maximum atomic E-state index is 13.7. The zero-order valence-electron chi connectivity index (χ0n) is 17.1. The Morgan fingerprint density at radius 3 is 2.27 bits per heavy atom. The second-order valence-electron chi connectivity index (χ2n) is 7.78. The summed E-state index contributed by atoms with van der Waals surface area (Å²) in [5.41, 5.74) is 0. The largest absolute Gasteiger partial charge is 0.381 e.